The zero-order valence-electron chi connectivity index (χ0n) is 10.8. The Bertz CT molecular complexity index is 378. The predicted octanol–water partition coefficient (Wildman–Crippen LogP) is 3.01. The molecule has 100 valence electrons. The van der Waals surface area contributed by atoms with Crippen LogP contribution in [0.1, 0.15) is 18.4 Å². The number of ether oxygens (including phenoxy) is 1. The molecule has 18 heavy (non-hydrogen) atoms. The smallest absolute Gasteiger partial charge is 0.0744 e. The lowest BCUT2D eigenvalue weighted by Crippen LogP contribution is -2.31. The van der Waals surface area contributed by atoms with Crippen LogP contribution in [0.2, 0.25) is 0 Å². The molecule has 1 fully saturated rings. The van der Waals surface area contributed by atoms with Gasteiger partial charge in [0, 0.05) is 29.4 Å². The minimum atomic E-state index is 0.635. The number of rotatable bonds is 5. The molecule has 1 aromatic carbocycles. The fourth-order valence-electron chi connectivity index (χ4n) is 2.36. The Hall–Kier alpha value is -0.580. The lowest BCUT2D eigenvalue weighted by atomic mass is 9.98. The molecule has 0 spiro atoms. The number of nitrogens with one attached hydrogen (secondary N) is 2. The largest absolute Gasteiger partial charge is 0.384 e. The lowest BCUT2D eigenvalue weighted by Gasteiger charge is -2.24. The quantitative estimate of drug-likeness (QED) is 0.877. The van der Waals surface area contributed by atoms with Crippen LogP contribution in [0, 0.1) is 5.92 Å². The number of hydrogen-bond acceptors (Lipinski definition) is 3. The Kier molecular flexibility index (Phi) is 5.47. The number of methoxy groups -OCH3 is 1. The Balaban J connectivity index is 1.97. The second-order valence-corrected chi connectivity index (χ2v) is 5.63. The van der Waals surface area contributed by atoms with Crippen LogP contribution in [0.5, 0.6) is 0 Å². The van der Waals surface area contributed by atoms with E-state index in [0.29, 0.717) is 6.61 Å². The minimum Gasteiger partial charge on any atom is -0.384 e. The van der Waals surface area contributed by atoms with Crippen molar-refractivity contribution in [2.24, 2.45) is 5.92 Å². The van der Waals surface area contributed by atoms with Gasteiger partial charge in [-0.25, -0.2) is 0 Å². The lowest BCUT2D eigenvalue weighted by molar-refractivity contribution is 0.185. The molecule has 1 heterocycles. The van der Waals surface area contributed by atoms with Gasteiger partial charge in [0.15, 0.2) is 0 Å². The second kappa shape index (κ2) is 7.12. The van der Waals surface area contributed by atoms with Gasteiger partial charge in [-0.3, -0.25) is 0 Å². The van der Waals surface area contributed by atoms with E-state index in [1.807, 2.05) is 0 Å². The molecule has 4 heteroatoms. The fourth-order valence-corrected chi connectivity index (χ4v) is 2.84. The van der Waals surface area contributed by atoms with Gasteiger partial charge in [-0.15, -0.1) is 0 Å². The van der Waals surface area contributed by atoms with Crippen molar-refractivity contribution in [3.8, 4) is 0 Å². The van der Waals surface area contributed by atoms with Gasteiger partial charge in [0.25, 0.3) is 0 Å². The van der Waals surface area contributed by atoms with Gasteiger partial charge >= 0.3 is 0 Å². The average molecular weight is 313 g/mol. The topological polar surface area (TPSA) is 33.3 Å². The molecular formula is C14H21BrN2O. The summed E-state index contributed by atoms with van der Waals surface area (Å²) in [5.74, 6) is 0.778. The first-order chi connectivity index (χ1) is 8.81. The van der Waals surface area contributed by atoms with Crippen LogP contribution < -0.4 is 10.6 Å². The van der Waals surface area contributed by atoms with Crippen molar-refractivity contribution in [2.75, 3.05) is 32.1 Å². The van der Waals surface area contributed by atoms with Crippen LogP contribution in [-0.2, 0) is 11.3 Å². The van der Waals surface area contributed by atoms with Crippen LogP contribution in [0.25, 0.3) is 0 Å². The third-order valence-corrected chi connectivity index (χ3v) is 4.19. The van der Waals surface area contributed by atoms with Gasteiger partial charge in [-0.05, 0) is 44.0 Å². The van der Waals surface area contributed by atoms with Gasteiger partial charge < -0.3 is 15.4 Å². The molecule has 1 aliphatic rings. The summed E-state index contributed by atoms with van der Waals surface area (Å²) in [6.45, 7) is 3.98. The van der Waals surface area contributed by atoms with E-state index < -0.39 is 0 Å². The van der Waals surface area contributed by atoms with Crippen molar-refractivity contribution in [1.82, 2.24) is 5.32 Å². The van der Waals surface area contributed by atoms with Gasteiger partial charge in [0.1, 0.15) is 0 Å². The molecule has 3 nitrogen and oxygen atoms in total. The summed E-state index contributed by atoms with van der Waals surface area (Å²) < 4.78 is 6.37. The molecule has 1 aromatic rings. The normalized spacial score (nSPS) is 16.8. The Labute approximate surface area is 117 Å². The highest BCUT2D eigenvalue weighted by Gasteiger charge is 2.13. The summed E-state index contributed by atoms with van der Waals surface area (Å²) in [5, 5.41) is 6.97. The summed E-state index contributed by atoms with van der Waals surface area (Å²) in [6, 6.07) is 6.25. The second-order valence-electron chi connectivity index (χ2n) is 4.77. The number of benzene rings is 1. The molecule has 0 atom stereocenters. The highest BCUT2D eigenvalue weighted by molar-refractivity contribution is 9.10. The molecular weight excluding hydrogens is 292 g/mol. The molecule has 1 saturated heterocycles. The zero-order valence-corrected chi connectivity index (χ0v) is 12.4. The van der Waals surface area contributed by atoms with E-state index in [0.717, 1.165) is 30.0 Å². The Morgan fingerprint density at radius 1 is 1.39 bits per heavy atom. The first-order valence-corrected chi connectivity index (χ1v) is 7.31. The van der Waals surface area contributed by atoms with Crippen molar-refractivity contribution in [1.29, 1.82) is 0 Å². The molecule has 0 unspecified atom stereocenters. The third kappa shape index (κ3) is 3.70. The SMILES string of the molecule is COCc1c(Br)cccc1NCC1CCNCC1. The molecule has 0 radical (unpaired) electrons. The van der Waals surface area contributed by atoms with Crippen molar-refractivity contribution in [3.63, 3.8) is 0 Å². The summed E-state index contributed by atoms with van der Waals surface area (Å²) in [7, 11) is 1.73. The van der Waals surface area contributed by atoms with Crippen LogP contribution in [0.15, 0.2) is 22.7 Å². The van der Waals surface area contributed by atoms with Crippen LogP contribution in [0.3, 0.4) is 0 Å². The monoisotopic (exact) mass is 312 g/mol. The first-order valence-electron chi connectivity index (χ1n) is 6.52. The van der Waals surface area contributed by atoms with Crippen molar-refractivity contribution in [2.45, 2.75) is 19.4 Å². The van der Waals surface area contributed by atoms with Crippen molar-refractivity contribution >= 4 is 21.6 Å². The number of hydrogen-bond donors (Lipinski definition) is 2. The molecule has 0 amide bonds. The summed E-state index contributed by atoms with van der Waals surface area (Å²) in [4.78, 5) is 0. The fraction of sp³-hybridized carbons (Fsp3) is 0.571. The standard InChI is InChI=1S/C14H21BrN2O/c1-18-10-12-13(15)3-2-4-14(12)17-9-11-5-7-16-8-6-11/h2-4,11,16-17H,5-10H2,1H3. The maximum atomic E-state index is 5.26. The van der Waals surface area contributed by atoms with E-state index in [4.69, 9.17) is 4.74 Å². The van der Waals surface area contributed by atoms with E-state index in [2.05, 4.69) is 44.8 Å². The van der Waals surface area contributed by atoms with Crippen LogP contribution >= 0.6 is 15.9 Å². The molecule has 0 aliphatic carbocycles. The molecule has 2 N–H and O–H groups in total. The average Bonchev–Trinajstić information content (AvgIpc) is 2.41. The number of anilines is 1. The molecule has 1 aliphatic heterocycles. The molecule has 2 rings (SSSR count). The predicted molar refractivity (Wildman–Crippen MR) is 78.9 cm³/mol. The molecule has 0 bridgehead atoms. The van der Waals surface area contributed by atoms with E-state index in [1.165, 1.54) is 24.1 Å². The van der Waals surface area contributed by atoms with Gasteiger partial charge in [-0.2, -0.15) is 0 Å². The number of piperidine rings is 1. The van der Waals surface area contributed by atoms with Gasteiger partial charge in [0.05, 0.1) is 6.61 Å². The summed E-state index contributed by atoms with van der Waals surface area (Å²) in [5.41, 5.74) is 2.39. The molecule has 0 aromatic heterocycles. The van der Waals surface area contributed by atoms with Crippen molar-refractivity contribution in [3.05, 3.63) is 28.2 Å². The highest BCUT2D eigenvalue weighted by Crippen LogP contribution is 2.26. The van der Waals surface area contributed by atoms with Gasteiger partial charge in [0.2, 0.25) is 0 Å². The summed E-state index contributed by atoms with van der Waals surface area (Å²) >= 11 is 3.58. The maximum absolute atomic E-state index is 5.26. The van der Waals surface area contributed by atoms with E-state index >= 15 is 0 Å². The highest BCUT2D eigenvalue weighted by atomic mass is 79.9. The van der Waals surface area contributed by atoms with E-state index in [-0.39, 0.29) is 0 Å². The van der Waals surface area contributed by atoms with E-state index in [1.54, 1.807) is 7.11 Å². The van der Waals surface area contributed by atoms with E-state index in [9.17, 15) is 0 Å². The Morgan fingerprint density at radius 3 is 2.89 bits per heavy atom. The molecule has 0 saturated carbocycles. The van der Waals surface area contributed by atoms with Gasteiger partial charge in [-0.1, -0.05) is 22.0 Å². The number of halogens is 1. The third-order valence-electron chi connectivity index (χ3n) is 3.45. The summed E-state index contributed by atoms with van der Waals surface area (Å²) in [6.07, 6.45) is 2.53. The van der Waals surface area contributed by atoms with Crippen molar-refractivity contribution < 1.29 is 4.74 Å². The zero-order chi connectivity index (χ0) is 12.8. The first kappa shape index (κ1) is 13.8. The Morgan fingerprint density at radius 2 is 2.17 bits per heavy atom. The minimum absolute atomic E-state index is 0.635. The van der Waals surface area contributed by atoms with Crippen LogP contribution in [0.4, 0.5) is 5.69 Å². The van der Waals surface area contributed by atoms with Crippen LogP contribution in [-0.4, -0.2) is 26.7 Å². The maximum Gasteiger partial charge on any atom is 0.0744 e.